The number of carbonyl (C=O) groups excluding carboxylic acids is 1. The van der Waals surface area contributed by atoms with Crippen molar-refractivity contribution in [3.05, 3.63) is 35.8 Å². The van der Waals surface area contributed by atoms with E-state index >= 15 is 0 Å². The van der Waals surface area contributed by atoms with Gasteiger partial charge in [0.2, 0.25) is 0 Å². The van der Waals surface area contributed by atoms with Gasteiger partial charge in [-0.1, -0.05) is 6.07 Å². The first-order valence-corrected chi connectivity index (χ1v) is 7.60. The van der Waals surface area contributed by atoms with Crippen LogP contribution in [0, 0.1) is 0 Å². The van der Waals surface area contributed by atoms with Gasteiger partial charge in [0.05, 0.1) is 0 Å². The van der Waals surface area contributed by atoms with Crippen molar-refractivity contribution in [3.8, 4) is 5.75 Å². The molecule has 0 aliphatic carbocycles. The Labute approximate surface area is 126 Å². The molecule has 2 amide bonds. The molecule has 2 N–H and O–H groups in total. The quantitative estimate of drug-likeness (QED) is 0.892. The second-order valence-electron chi connectivity index (χ2n) is 4.76. The van der Waals surface area contributed by atoms with E-state index in [0.717, 1.165) is 18.8 Å². The molecule has 110 valence electrons. The molecule has 1 saturated heterocycles. The Morgan fingerprint density at radius 2 is 2.10 bits per heavy atom. The summed E-state index contributed by atoms with van der Waals surface area (Å²) < 4.78 is 0. The number of benzene rings is 1. The summed E-state index contributed by atoms with van der Waals surface area (Å²) in [6, 6.07) is 7.07. The summed E-state index contributed by atoms with van der Waals surface area (Å²) in [6.45, 7) is 2.78. The maximum absolute atomic E-state index is 12.1. The van der Waals surface area contributed by atoms with E-state index in [4.69, 9.17) is 0 Å². The molecule has 0 unspecified atom stereocenters. The highest BCUT2D eigenvalue weighted by atomic mass is 32.1. The molecular formula is C14H16N4O2S. The van der Waals surface area contributed by atoms with Gasteiger partial charge in [-0.25, -0.2) is 9.78 Å². The van der Waals surface area contributed by atoms with Crippen LogP contribution < -0.4 is 10.2 Å². The van der Waals surface area contributed by atoms with Crippen LogP contribution in [0.15, 0.2) is 35.8 Å². The fourth-order valence-corrected chi connectivity index (χ4v) is 2.83. The topological polar surface area (TPSA) is 68.7 Å². The summed E-state index contributed by atoms with van der Waals surface area (Å²) in [5, 5.41) is 14.8. The second-order valence-corrected chi connectivity index (χ2v) is 5.66. The minimum atomic E-state index is -0.111. The van der Waals surface area contributed by atoms with Gasteiger partial charge in [-0.05, 0) is 12.1 Å². The maximum Gasteiger partial charge on any atom is 0.323 e. The fraction of sp³-hybridized carbons (Fsp3) is 0.286. The number of hydrogen-bond acceptors (Lipinski definition) is 5. The van der Waals surface area contributed by atoms with Crippen molar-refractivity contribution in [3.63, 3.8) is 0 Å². The molecule has 1 aromatic carbocycles. The van der Waals surface area contributed by atoms with Gasteiger partial charge in [-0.2, -0.15) is 0 Å². The predicted molar refractivity (Wildman–Crippen MR) is 83.0 cm³/mol. The average Bonchev–Trinajstić information content (AvgIpc) is 3.00. The first-order valence-electron chi connectivity index (χ1n) is 6.72. The van der Waals surface area contributed by atoms with Crippen molar-refractivity contribution in [1.82, 2.24) is 9.88 Å². The summed E-state index contributed by atoms with van der Waals surface area (Å²) in [5.74, 6) is 0.261. The molecule has 0 saturated carbocycles. The van der Waals surface area contributed by atoms with Crippen molar-refractivity contribution in [2.75, 3.05) is 36.4 Å². The third-order valence-corrected chi connectivity index (χ3v) is 4.10. The lowest BCUT2D eigenvalue weighted by molar-refractivity contribution is 0.208. The minimum Gasteiger partial charge on any atom is -0.508 e. The van der Waals surface area contributed by atoms with Crippen molar-refractivity contribution < 1.29 is 9.90 Å². The fourth-order valence-electron chi connectivity index (χ4n) is 2.31. The molecular weight excluding hydrogens is 288 g/mol. The van der Waals surface area contributed by atoms with Crippen LogP contribution in [0.25, 0.3) is 0 Å². The molecule has 0 radical (unpaired) electrons. The number of aromatic hydroxyl groups is 1. The minimum absolute atomic E-state index is 0.111. The number of aromatic nitrogens is 1. The van der Waals surface area contributed by atoms with E-state index in [9.17, 15) is 9.90 Å². The highest BCUT2D eigenvalue weighted by Gasteiger charge is 2.21. The van der Waals surface area contributed by atoms with Gasteiger partial charge in [0, 0.05) is 49.5 Å². The van der Waals surface area contributed by atoms with E-state index < -0.39 is 0 Å². The van der Waals surface area contributed by atoms with Crippen molar-refractivity contribution in [2.24, 2.45) is 0 Å². The Kier molecular flexibility index (Phi) is 3.92. The number of nitrogens with one attached hydrogen (secondary N) is 1. The highest BCUT2D eigenvalue weighted by molar-refractivity contribution is 7.13. The van der Waals surface area contributed by atoms with E-state index in [0.29, 0.717) is 18.2 Å². The number of amides is 2. The van der Waals surface area contributed by atoms with E-state index in [-0.39, 0.29) is 11.8 Å². The van der Waals surface area contributed by atoms with E-state index in [2.05, 4.69) is 15.2 Å². The number of phenolic OH excluding ortho intramolecular Hbond substituents is 1. The lowest BCUT2D eigenvalue weighted by atomic mass is 10.2. The van der Waals surface area contributed by atoms with Crippen LogP contribution in [-0.4, -0.2) is 47.2 Å². The zero-order valence-corrected chi connectivity index (χ0v) is 12.2. The number of thiazole rings is 1. The zero-order valence-electron chi connectivity index (χ0n) is 11.4. The number of urea groups is 1. The first kappa shape index (κ1) is 13.7. The molecule has 21 heavy (non-hydrogen) atoms. The third kappa shape index (κ3) is 3.25. The molecule has 7 heteroatoms. The summed E-state index contributed by atoms with van der Waals surface area (Å²) in [6.07, 6.45) is 1.67. The van der Waals surface area contributed by atoms with Crippen LogP contribution >= 0.6 is 11.3 Å². The summed E-state index contributed by atoms with van der Waals surface area (Å²) >= 11 is 1.41. The van der Waals surface area contributed by atoms with Crippen molar-refractivity contribution in [1.29, 1.82) is 0 Å². The van der Waals surface area contributed by atoms with Gasteiger partial charge < -0.3 is 14.9 Å². The van der Waals surface area contributed by atoms with Gasteiger partial charge in [0.1, 0.15) is 5.75 Å². The van der Waals surface area contributed by atoms with Crippen LogP contribution in [-0.2, 0) is 0 Å². The molecule has 0 atom stereocenters. The van der Waals surface area contributed by atoms with Gasteiger partial charge in [0.25, 0.3) is 0 Å². The van der Waals surface area contributed by atoms with Gasteiger partial charge in [0.15, 0.2) is 5.13 Å². The van der Waals surface area contributed by atoms with Crippen LogP contribution in [0.4, 0.5) is 15.6 Å². The number of nitrogens with zero attached hydrogens (tertiary/aromatic N) is 3. The molecule has 0 bridgehead atoms. The largest absolute Gasteiger partial charge is 0.508 e. The summed E-state index contributed by atoms with van der Waals surface area (Å²) in [7, 11) is 0. The smallest absolute Gasteiger partial charge is 0.323 e. The Hall–Kier alpha value is -2.28. The third-order valence-electron chi connectivity index (χ3n) is 3.41. The Balaban J connectivity index is 1.56. The monoisotopic (exact) mass is 304 g/mol. The van der Waals surface area contributed by atoms with E-state index in [1.807, 2.05) is 17.5 Å². The van der Waals surface area contributed by atoms with Gasteiger partial charge in [-0.15, -0.1) is 11.3 Å². The van der Waals surface area contributed by atoms with Gasteiger partial charge in [-0.3, -0.25) is 5.32 Å². The number of hydrogen-bond donors (Lipinski definition) is 2. The Morgan fingerprint density at radius 1 is 1.29 bits per heavy atom. The van der Waals surface area contributed by atoms with Gasteiger partial charge >= 0.3 is 6.03 Å². The van der Waals surface area contributed by atoms with Crippen molar-refractivity contribution in [2.45, 2.75) is 0 Å². The number of rotatable bonds is 2. The average molecular weight is 304 g/mol. The molecule has 1 aliphatic heterocycles. The SMILES string of the molecule is O=C(Nc1nccs1)N1CCN(c2cccc(O)c2)CC1. The second kappa shape index (κ2) is 6.01. The number of piperazine rings is 1. The van der Waals surface area contributed by atoms with Crippen molar-refractivity contribution >= 4 is 28.2 Å². The standard InChI is InChI=1S/C14H16N4O2S/c19-12-3-1-2-11(10-12)17-5-7-18(8-6-17)14(20)16-13-15-4-9-21-13/h1-4,9-10,19H,5-8H2,(H,15,16,20). The van der Waals surface area contributed by atoms with Crippen LogP contribution in [0.5, 0.6) is 5.75 Å². The molecule has 2 aromatic rings. The summed E-state index contributed by atoms with van der Waals surface area (Å²) in [5.41, 5.74) is 0.981. The zero-order chi connectivity index (χ0) is 14.7. The van der Waals surface area contributed by atoms with E-state index in [1.54, 1.807) is 23.2 Å². The van der Waals surface area contributed by atoms with Crippen LogP contribution in [0.1, 0.15) is 0 Å². The molecule has 3 rings (SSSR count). The van der Waals surface area contributed by atoms with Crippen LogP contribution in [0.2, 0.25) is 0 Å². The molecule has 0 spiro atoms. The number of anilines is 2. The lowest BCUT2D eigenvalue weighted by Gasteiger charge is -2.35. The molecule has 1 fully saturated rings. The molecule has 1 aliphatic rings. The number of phenols is 1. The maximum atomic E-state index is 12.1. The number of carbonyl (C=O) groups is 1. The lowest BCUT2D eigenvalue weighted by Crippen LogP contribution is -2.50. The van der Waals surface area contributed by atoms with Crippen LogP contribution in [0.3, 0.4) is 0 Å². The molecule has 2 heterocycles. The normalized spacial score (nSPS) is 15.0. The Morgan fingerprint density at radius 3 is 2.76 bits per heavy atom. The molecule has 1 aromatic heterocycles. The predicted octanol–water partition coefficient (Wildman–Crippen LogP) is 2.20. The summed E-state index contributed by atoms with van der Waals surface area (Å²) in [4.78, 5) is 20.1. The molecule has 6 nitrogen and oxygen atoms in total. The first-order chi connectivity index (χ1) is 10.2. The Bertz CT molecular complexity index is 609. The van der Waals surface area contributed by atoms with E-state index in [1.165, 1.54) is 11.3 Å². The highest BCUT2D eigenvalue weighted by Crippen LogP contribution is 2.21.